The summed E-state index contributed by atoms with van der Waals surface area (Å²) in [6.45, 7) is 4.03. The molecular weight excluding hydrogens is 342 g/mol. The third-order valence-corrected chi connectivity index (χ3v) is 4.18. The number of carbonyl (C=O) groups excluding carboxylic acids is 1. The van der Waals surface area contributed by atoms with Crippen LogP contribution < -0.4 is 5.32 Å². The lowest BCUT2D eigenvalue weighted by Crippen LogP contribution is -2.26. The van der Waals surface area contributed by atoms with Gasteiger partial charge in [0.25, 0.3) is 0 Å². The summed E-state index contributed by atoms with van der Waals surface area (Å²) in [6, 6.07) is 3.33. The van der Waals surface area contributed by atoms with E-state index in [0.717, 1.165) is 25.7 Å². The van der Waals surface area contributed by atoms with Gasteiger partial charge in [-0.2, -0.15) is 0 Å². The predicted octanol–water partition coefficient (Wildman–Crippen LogP) is 3.81. The Kier molecular flexibility index (Phi) is 7.40. The first-order valence-corrected chi connectivity index (χ1v) is 8.98. The second-order valence-electron chi connectivity index (χ2n) is 5.76. The number of nitrogens with one attached hydrogen (secondary N) is 1. The number of hydrogen-bond donors (Lipinski definition) is 2. The summed E-state index contributed by atoms with van der Waals surface area (Å²) in [5, 5.41) is 13.0. The van der Waals surface area contributed by atoms with Crippen LogP contribution in [0, 0.1) is 0 Å². The van der Waals surface area contributed by atoms with E-state index in [9.17, 15) is 9.90 Å². The number of hydrogen-bond acceptors (Lipinski definition) is 6. The van der Waals surface area contributed by atoms with Crippen LogP contribution >= 0.6 is 11.6 Å². The van der Waals surface area contributed by atoms with E-state index in [1.807, 2.05) is 0 Å². The SMILES string of the molecule is CCCCCC(CO)Nc1c(C(=O)OCC)c(Cl)nc2cccnc12. The van der Waals surface area contributed by atoms with Crippen molar-refractivity contribution in [2.45, 2.75) is 45.6 Å². The summed E-state index contributed by atoms with van der Waals surface area (Å²) in [6.07, 6.45) is 5.56. The normalized spacial score (nSPS) is 12.2. The monoisotopic (exact) mass is 365 g/mol. The Balaban J connectivity index is 2.46. The highest BCUT2D eigenvalue weighted by Crippen LogP contribution is 2.31. The Morgan fingerprint density at radius 3 is 2.88 bits per heavy atom. The Morgan fingerprint density at radius 2 is 2.20 bits per heavy atom. The quantitative estimate of drug-likeness (QED) is 0.399. The van der Waals surface area contributed by atoms with E-state index in [1.54, 1.807) is 25.3 Å². The van der Waals surface area contributed by atoms with Gasteiger partial charge in [-0.15, -0.1) is 0 Å². The van der Waals surface area contributed by atoms with Gasteiger partial charge in [-0.3, -0.25) is 4.98 Å². The van der Waals surface area contributed by atoms with Gasteiger partial charge in [-0.05, 0) is 25.5 Å². The highest BCUT2D eigenvalue weighted by Gasteiger charge is 2.24. The van der Waals surface area contributed by atoms with Gasteiger partial charge >= 0.3 is 5.97 Å². The number of anilines is 1. The molecule has 0 aromatic carbocycles. The highest BCUT2D eigenvalue weighted by molar-refractivity contribution is 6.34. The van der Waals surface area contributed by atoms with Crippen LogP contribution in [0.2, 0.25) is 5.15 Å². The molecule has 136 valence electrons. The lowest BCUT2D eigenvalue weighted by atomic mass is 10.1. The van der Waals surface area contributed by atoms with Gasteiger partial charge in [-0.1, -0.05) is 37.8 Å². The maximum atomic E-state index is 12.4. The van der Waals surface area contributed by atoms with Crippen LogP contribution in [0.15, 0.2) is 18.3 Å². The Morgan fingerprint density at radius 1 is 1.40 bits per heavy atom. The third-order valence-electron chi connectivity index (χ3n) is 3.90. The molecular formula is C18H24ClN3O3. The molecule has 2 aromatic rings. The summed E-state index contributed by atoms with van der Waals surface area (Å²) >= 11 is 6.25. The van der Waals surface area contributed by atoms with Crippen molar-refractivity contribution in [3.63, 3.8) is 0 Å². The molecule has 0 aliphatic carbocycles. The van der Waals surface area contributed by atoms with E-state index in [0.29, 0.717) is 16.7 Å². The fraction of sp³-hybridized carbons (Fsp3) is 0.500. The number of ether oxygens (including phenoxy) is 1. The molecule has 0 aliphatic heterocycles. The molecule has 7 heteroatoms. The first-order valence-electron chi connectivity index (χ1n) is 8.61. The van der Waals surface area contributed by atoms with Crippen LogP contribution in [-0.4, -0.2) is 40.3 Å². The van der Waals surface area contributed by atoms with Crippen molar-refractivity contribution in [3.05, 3.63) is 29.0 Å². The second-order valence-corrected chi connectivity index (χ2v) is 6.12. The van der Waals surface area contributed by atoms with Crippen molar-refractivity contribution < 1.29 is 14.6 Å². The number of esters is 1. The number of pyridine rings is 2. The van der Waals surface area contributed by atoms with Crippen molar-refractivity contribution in [2.75, 3.05) is 18.5 Å². The number of aromatic nitrogens is 2. The summed E-state index contributed by atoms with van der Waals surface area (Å²) in [4.78, 5) is 21.0. The van der Waals surface area contributed by atoms with Gasteiger partial charge in [0.1, 0.15) is 16.2 Å². The van der Waals surface area contributed by atoms with Gasteiger partial charge < -0.3 is 15.2 Å². The number of unbranched alkanes of at least 4 members (excludes halogenated alkanes) is 2. The molecule has 1 atom stereocenters. The number of aliphatic hydroxyl groups excluding tert-OH is 1. The van der Waals surface area contributed by atoms with E-state index in [-0.39, 0.29) is 30.0 Å². The zero-order valence-electron chi connectivity index (χ0n) is 14.6. The van der Waals surface area contributed by atoms with Gasteiger partial charge in [0.15, 0.2) is 0 Å². The lowest BCUT2D eigenvalue weighted by molar-refractivity contribution is 0.0527. The molecule has 2 aromatic heterocycles. The van der Waals surface area contributed by atoms with E-state index < -0.39 is 5.97 Å². The average Bonchev–Trinajstić information content (AvgIpc) is 2.60. The van der Waals surface area contributed by atoms with Crippen molar-refractivity contribution in [2.24, 2.45) is 0 Å². The number of nitrogens with zero attached hydrogens (tertiary/aromatic N) is 2. The topological polar surface area (TPSA) is 84.3 Å². The smallest absolute Gasteiger partial charge is 0.343 e. The fourth-order valence-electron chi connectivity index (χ4n) is 2.65. The summed E-state index contributed by atoms with van der Waals surface area (Å²) in [5.74, 6) is -0.555. The maximum Gasteiger partial charge on any atom is 0.343 e. The molecule has 25 heavy (non-hydrogen) atoms. The number of fused-ring (bicyclic) bond motifs is 1. The van der Waals surface area contributed by atoms with E-state index in [4.69, 9.17) is 16.3 Å². The van der Waals surface area contributed by atoms with Crippen LogP contribution in [0.25, 0.3) is 11.0 Å². The fourth-order valence-corrected chi connectivity index (χ4v) is 2.91. The van der Waals surface area contributed by atoms with Gasteiger partial charge in [0, 0.05) is 12.2 Å². The van der Waals surface area contributed by atoms with Crippen LogP contribution in [-0.2, 0) is 4.74 Å². The van der Waals surface area contributed by atoms with E-state index >= 15 is 0 Å². The number of aliphatic hydroxyl groups is 1. The number of carbonyl (C=O) groups is 1. The zero-order valence-corrected chi connectivity index (χ0v) is 15.3. The summed E-state index contributed by atoms with van der Waals surface area (Å²) in [5.41, 5.74) is 1.73. The standard InChI is InChI=1S/C18H24ClN3O3/c1-3-5-6-8-12(11-23)21-16-14(18(24)25-4-2)17(19)22-13-9-7-10-20-15(13)16/h7,9-10,12,23H,3-6,8,11H2,1-2H3,(H,21,22). The maximum absolute atomic E-state index is 12.4. The van der Waals surface area contributed by atoms with Crippen LogP contribution in [0.3, 0.4) is 0 Å². The highest BCUT2D eigenvalue weighted by atomic mass is 35.5. The Hall–Kier alpha value is -1.92. The molecule has 1 unspecified atom stereocenters. The minimum absolute atomic E-state index is 0.0553. The number of rotatable bonds is 9. The molecule has 2 heterocycles. The largest absolute Gasteiger partial charge is 0.462 e. The second kappa shape index (κ2) is 9.53. The van der Waals surface area contributed by atoms with Crippen molar-refractivity contribution in [1.82, 2.24) is 9.97 Å². The lowest BCUT2D eigenvalue weighted by Gasteiger charge is -2.21. The summed E-state index contributed by atoms with van der Waals surface area (Å²) in [7, 11) is 0. The van der Waals surface area contributed by atoms with Crippen molar-refractivity contribution in [3.8, 4) is 0 Å². The van der Waals surface area contributed by atoms with Gasteiger partial charge in [0.05, 0.1) is 24.4 Å². The molecule has 0 amide bonds. The van der Waals surface area contributed by atoms with Crippen LogP contribution in [0.1, 0.15) is 49.9 Å². The molecule has 2 rings (SSSR count). The molecule has 0 saturated carbocycles. The van der Waals surface area contributed by atoms with Crippen molar-refractivity contribution in [1.29, 1.82) is 0 Å². The van der Waals surface area contributed by atoms with E-state index in [1.165, 1.54) is 0 Å². The molecule has 0 aliphatic rings. The molecule has 0 spiro atoms. The third kappa shape index (κ3) is 4.80. The number of halogens is 1. The molecule has 2 N–H and O–H groups in total. The molecule has 0 radical (unpaired) electrons. The van der Waals surface area contributed by atoms with E-state index in [2.05, 4.69) is 22.2 Å². The minimum atomic E-state index is -0.555. The molecule has 6 nitrogen and oxygen atoms in total. The molecule has 0 bridgehead atoms. The minimum Gasteiger partial charge on any atom is -0.462 e. The van der Waals surface area contributed by atoms with Crippen LogP contribution in [0.5, 0.6) is 0 Å². The van der Waals surface area contributed by atoms with Gasteiger partial charge in [0.2, 0.25) is 0 Å². The molecule has 0 fully saturated rings. The van der Waals surface area contributed by atoms with Gasteiger partial charge in [-0.25, -0.2) is 9.78 Å². The first-order chi connectivity index (χ1) is 12.1. The predicted molar refractivity (Wildman–Crippen MR) is 99.1 cm³/mol. The Bertz CT molecular complexity index is 724. The zero-order chi connectivity index (χ0) is 18.2. The molecule has 0 saturated heterocycles. The van der Waals surface area contributed by atoms with Crippen LogP contribution in [0.4, 0.5) is 5.69 Å². The summed E-state index contributed by atoms with van der Waals surface area (Å²) < 4.78 is 5.12. The van der Waals surface area contributed by atoms with Crippen molar-refractivity contribution >= 4 is 34.3 Å². The average molecular weight is 366 g/mol. The Labute approximate surface area is 152 Å². The first kappa shape index (κ1) is 19.4.